The molecular formula is C17H22N2O3. The molecule has 1 aromatic heterocycles. The van der Waals surface area contributed by atoms with Crippen molar-refractivity contribution in [1.82, 2.24) is 4.98 Å². The van der Waals surface area contributed by atoms with Gasteiger partial charge in [0.05, 0.1) is 12.1 Å². The van der Waals surface area contributed by atoms with E-state index in [4.69, 9.17) is 4.42 Å². The molecule has 22 heavy (non-hydrogen) atoms. The SMILES string of the molecule is Cc1nc(C(C)(C)C)oc1CC(=O)N(C)c1ccc(O)cc1. The number of amides is 1. The van der Waals surface area contributed by atoms with Crippen LogP contribution >= 0.6 is 0 Å². The summed E-state index contributed by atoms with van der Waals surface area (Å²) in [5.74, 6) is 1.32. The summed E-state index contributed by atoms with van der Waals surface area (Å²) in [6.45, 7) is 7.91. The number of nitrogens with zero attached hydrogens (tertiary/aromatic N) is 2. The third-order valence-electron chi connectivity index (χ3n) is 3.46. The van der Waals surface area contributed by atoms with Gasteiger partial charge in [-0.2, -0.15) is 0 Å². The Morgan fingerprint density at radius 2 is 1.86 bits per heavy atom. The van der Waals surface area contributed by atoms with Crippen LogP contribution in [0.5, 0.6) is 5.75 Å². The number of rotatable bonds is 3. The molecule has 1 aromatic carbocycles. The van der Waals surface area contributed by atoms with E-state index in [0.29, 0.717) is 11.7 Å². The number of phenols is 1. The fourth-order valence-electron chi connectivity index (χ4n) is 1.99. The fraction of sp³-hybridized carbons (Fsp3) is 0.412. The molecule has 0 fully saturated rings. The predicted molar refractivity (Wildman–Crippen MR) is 85.2 cm³/mol. The van der Waals surface area contributed by atoms with Gasteiger partial charge < -0.3 is 14.4 Å². The Hall–Kier alpha value is -2.30. The summed E-state index contributed by atoms with van der Waals surface area (Å²) in [6.07, 6.45) is 0.159. The van der Waals surface area contributed by atoms with Crippen LogP contribution in [0.2, 0.25) is 0 Å². The van der Waals surface area contributed by atoms with Crippen LogP contribution in [0.15, 0.2) is 28.7 Å². The van der Waals surface area contributed by atoms with Crippen LogP contribution < -0.4 is 4.90 Å². The molecule has 0 atom stereocenters. The topological polar surface area (TPSA) is 66.6 Å². The number of aromatic hydroxyl groups is 1. The first-order valence-electron chi connectivity index (χ1n) is 7.21. The molecule has 5 heteroatoms. The predicted octanol–water partition coefficient (Wildman–Crippen LogP) is 3.19. The van der Waals surface area contributed by atoms with Gasteiger partial charge in [-0.1, -0.05) is 20.8 Å². The highest BCUT2D eigenvalue weighted by Crippen LogP contribution is 2.25. The Kier molecular flexibility index (Phi) is 4.26. The number of oxazole rings is 1. The first kappa shape index (κ1) is 16.1. The molecule has 0 saturated carbocycles. The van der Waals surface area contributed by atoms with Gasteiger partial charge in [-0.3, -0.25) is 4.79 Å². The molecule has 0 spiro atoms. The number of carbonyl (C=O) groups excluding carboxylic acids is 1. The highest BCUT2D eigenvalue weighted by atomic mass is 16.4. The van der Waals surface area contributed by atoms with Gasteiger partial charge in [0.2, 0.25) is 5.91 Å². The van der Waals surface area contributed by atoms with E-state index in [0.717, 1.165) is 11.4 Å². The summed E-state index contributed by atoms with van der Waals surface area (Å²) in [6, 6.07) is 6.50. The summed E-state index contributed by atoms with van der Waals surface area (Å²) in [7, 11) is 1.70. The molecule has 0 unspecified atom stereocenters. The zero-order valence-electron chi connectivity index (χ0n) is 13.7. The molecule has 2 aromatic rings. The first-order valence-corrected chi connectivity index (χ1v) is 7.21. The minimum atomic E-state index is -0.186. The number of anilines is 1. The number of aromatic nitrogens is 1. The molecule has 0 radical (unpaired) electrons. The third kappa shape index (κ3) is 3.47. The van der Waals surface area contributed by atoms with E-state index in [1.807, 2.05) is 27.7 Å². The quantitative estimate of drug-likeness (QED) is 0.945. The van der Waals surface area contributed by atoms with E-state index in [2.05, 4.69) is 4.98 Å². The number of likely N-dealkylation sites (N-methyl/N-ethyl adjacent to an activating group) is 1. The summed E-state index contributed by atoms with van der Waals surface area (Å²) >= 11 is 0. The molecule has 1 heterocycles. The van der Waals surface area contributed by atoms with E-state index < -0.39 is 0 Å². The van der Waals surface area contributed by atoms with E-state index in [1.54, 1.807) is 31.3 Å². The van der Waals surface area contributed by atoms with Gasteiger partial charge in [-0.25, -0.2) is 4.98 Å². The molecule has 0 aliphatic rings. The molecule has 118 valence electrons. The molecule has 0 aliphatic carbocycles. The van der Waals surface area contributed by atoms with Crippen molar-refractivity contribution in [3.63, 3.8) is 0 Å². The van der Waals surface area contributed by atoms with Gasteiger partial charge in [0, 0.05) is 18.2 Å². The van der Waals surface area contributed by atoms with Crippen molar-refractivity contribution < 1.29 is 14.3 Å². The van der Waals surface area contributed by atoms with Crippen molar-refractivity contribution in [2.75, 3.05) is 11.9 Å². The van der Waals surface area contributed by atoms with Gasteiger partial charge >= 0.3 is 0 Å². The van der Waals surface area contributed by atoms with Crippen molar-refractivity contribution in [3.05, 3.63) is 41.6 Å². The number of hydrogen-bond donors (Lipinski definition) is 1. The lowest BCUT2D eigenvalue weighted by molar-refractivity contribution is -0.117. The first-order chi connectivity index (χ1) is 10.2. The maximum absolute atomic E-state index is 12.4. The van der Waals surface area contributed by atoms with Gasteiger partial charge in [0.1, 0.15) is 11.5 Å². The lowest BCUT2D eigenvalue weighted by atomic mass is 9.97. The number of benzene rings is 1. The van der Waals surface area contributed by atoms with Crippen LogP contribution in [0.4, 0.5) is 5.69 Å². The molecule has 1 N–H and O–H groups in total. The highest BCUT2D eigenvalue weighted by molar-refractivity contribution is 5.94. The van der Waals surface area contributed by atoms with Crippen molar-refractivity contribution >= 4 is 11.6 Å². The number of aryl methyl sites for hydroxylation is 1. The van der Waals surface area contributed by atoms with E-state index in [-0.39, 0.29) is 23.5 Å². The molecule has 2 rings (SSSR count). The highest BCUT2D eigenvalue weighted by Gasteiger charge is 2.24. The monoisotopic (exact) mass is 302 g/mol. The van der Waals surface area contributed by atoms with Crippen molar-refractivity contribution in [2.24, 2.45) is 0 Å². The number of carbonyl (C=O) groups is 1. The second-order valence-corrected chi connectivity index (χ2v) is 6.42. The van der Waals surface area contributed by atoms with Crippen LogP contribution in [0, 0.1) is 6.92 Å². The van der Waals surface area contributed by atoms with Crippen LogP contribution in [-0.4, -0.2) is 23.0 Å². The van der Waals surface area contributed by atoms with Crippen LogP contribution in [0.3, 0.4) is 0 Å². The summed E-state index contributed by atoms with van der Waals surface area (Å²) in [4.78, 5) is 18.3. The van der Waals surface area contributed by atoms with Crippen LogP contribution in [-0.2, 0) is 16.6 Å². The van der Waals surface area contributed by atoms with Gasteiger partial charge in [0.25, 0.3) is 0 Å². The van der Waals surface area contributed by atoms with Gasteiger partial charge in [-0.15, -0.1) is 0 Å². The Balaban J connectivity index is 2.15. The van der Waals surface area contributed by atoms with Crippen molar-refractivity contribution in [1.29, 1.82) is 0 Å². The summed E-state index contributed by atoms with van der Waals surface area (Å²) in [5, 5.41) is 9.30. The van der Waals surface area contributed by atoms with Crippen molar-refractivity contribution in [2.45, 2.75) is 39.5 Å². The largest absolute Gasteiger partial charge is 0.508 e. The lowest BCUT2D eigenvalue weighted by Crippen LogP contribution is -2.27. The molecular weight excluding hydrogens is 280 g/mol. The van der Waals surface area contributed by atoms with E-state index in [1.165, 1.54) is 4.90 Å². The molecule has 1 amide bonds. The Bertz CT molecular complexity index is 666. The maximum Gasteiger partial charge on any atom is 0.234 e. The minimum Gasteiger partial charge on any atom is -0.508 e. The second-order valence-electron chi connectivity index (χ2n) is 6.42. The Morgan fingerprint density at radius 1 is 1.27 bits per heavy atom. The second kappa shape index (κ2) is 5.83. The summed E-state index contributed by atoms with van der Waals surface area (Å²) in [5.41, 5.74) is 1.28. The zero-order chi connectivity index (χ0) is 16.5. The van der Waals surface area contributed by atoms with Crippen LogP contribution in [0.1, 0.15) is 38.1 Å². The fourth-order valence-corrected chi connectivity index (χ4v) is 1.99. The Morgan fingerprint density at radius 3 is 2.36 bits per heavy atom. The van der Waals surface area contributed by atoms with E-state index >= 15 is 0 Å². The lowest BCUT2D eigenvalue weighted by Gasteiger charge is -2.17. The minimum absolute atomic E-state index is 0.0922. The zero-order valence-corrected chi connectivity index (χ0v) is 13.7. The standard InChI is InChI=1S/C17H22N2O3/c1-11-14(22-16(18-11)17(2,3)4)10-15(21)19(5)12-6-8-13(20)9-7-12/h6-9,20H,10H2,1-5H3. The van der Waals surface area contributed by atoms with Gasteiger partial charge in [-0.05, 0) is 31.2 Å². The van der Waals surface area contributed by atoms with Crippen molar-refractivity contribution in [3.8, 4) is 5.75 Å². The number of hydrogen-bond acceptors (Lipinski definition) is 4. The average molecular weight is 302 g/mol. The molecule has 0 saturated heterocycles. The van der Waals surface area contributed by atoms with Crippen LogP contribution in [0.25, 0.3) is 0 Å². The van der Waals surface area contributed by atoms with Gasteiger partial charge in [0.15, 0.2) is 5.89 Å². The molecule has 0 aliphatic heterocycles. The van der Waals surface area contributed by atoms with E-state index in [9.17, 15) is 9.90 Å². The Labute approximate surface area is 130 Å². The number of phenolic OH excluding ortho intramolecular Hbond substituents is 1. The smallest absolute Gasteiger partial charge is 0.234 e. The molecule has 5 nitrogen and oxygen atoms in total. The average Bonchev–Trinajstić information content (AvgIpc) is 2.80. The maximum atomic E-state index is 12.4. The third-order valence-corrected chi connectivity index (χ3v) is 3.46. The summed E-state index contributed by atoms with van der Waals surface area (Å²) < 4.78 is 5.76. The molecule has 0 bridgehead atoms. The normalized spacial score (nSPS) is 11.5.